The van der Waals surface area contributed by atoms with Crippen molar-refractivity contribution in [3.8, 4) is 5.75 Å². The molecule has 1 unspecified atom stereocenters. The highest BCUT2D eigenvalue weighted by Gasteiger charge is 2.44. The van der Waals surface area contributed by atoms with Crippen LogP contribution >= 0.6 is 0 Å². The van der Waals surface area contributed by atoms with Crippen molar-refractivity contribution < 1.29 is 19.2 Å². The summed E-state index contributed by atoms with van der Waals surface area (Å²) in [5.41, 5.74) is 4.05. The predicted octanol–water partition coefficient (Wildman–Crippen LogP) is 2.58. The van der Waals surface area contributed by atoms with Gasteiger partial charge in [0.25, 0.3) is 11.6 Å². The smallest absolute Gasteiger partial charge is 0.340 e. The predicted molar refractivity (Wildman–Crippen MR) is 107 cm³/mol. The molecule has 10 nitrogen and oxygen atoms in total. The Hall–Kier alpha value is -3.92. The third-order valence-electron chi connectivity index (χ3n) is 4.74. The van der Waals surface area contributed by atoms with E-state index < -0.39 is 17.1 Å². The zero-order valence-electron chi connectivity index (χ0n) is 16.1. The lowest BCUT2D eigenvalue weighted by atomic mass is 10.2. The van der Waals surface area contributed by atoms with Crippen molar-refractivity contribution in [3.63, 3.8) is 0 Å². The molecule has 3 amide bonds. The van der Waals surface area contributed by atoms with E-state index in [0.717, 1.165) is 0 Å². The summed E-state index contributed by atoms with van der Waals surface area (Å²) in [6, 6.07) is 12.7. The Balaban J connectivity index is 1.50. The molecule has 0 radical (unpaired) electrons. The monoisotopic (exact) mass is 409 g/mol. The van der Waals surface area contributed by atoms with Gasteiger partial charge in [-0.2, -0.15) is 5.43 Å². The van der Waals surface area contributed by atoms with Crippen molar-refractivity contribution >= 4 is 23.3 Å². The van der Waals surface area contributed by atoms with Crippen LogP contribution in [-0.4, -0.2) is 39.5 Å². The first kappa shape index (κ1) is 19.4. The largest absolute Gasteiger partial charge is 0.494 e. The standard InChI is InChI=1S/C20H19N5O5/c1-2-30-17-8-6-15(7-9-17)22-10-11-23-18(19(22)26)21-24(20(23)27)13-14-4-3-5-16(12-14)25(28)29/h3-12,18,21H,2,13H2,1H3. The molecule has 0 bridgehead atoms. The quantitative estimate of drug-likeness (QED) is 0.580. The summed E-state index contributed by atoms with van der Waals surface area (Å²) in [7, 11) is 0. The van der Waals surface area contributed by atoms with Crippen LogP contribution in [-0.2, 0) is 11.3 Å². The summed E-state index contributed by atoms with van der Waals surface area (Å²) < 4.78 is 5.42. The summed E-state index contributed by atoms with van der Waals surface area (Å²) in [6.45, 7) is 2.52. The first-order chi connectivity index (χ1) is 14.5. The third-order valence-corrected chi connectivity index (χ3v) is 4.74. The highest BCUT2D eigenvalue weighted by atomic mass is 16.6. The number of hydrogen-bond donors (Lipinski definition) is 1. The van der Waals surface area contributed by atoms with Crippen molar-refractivity contribution in [1.29, 1.82) is 0 Å². The van der Waals surface area contributed by atoms with Gasteiger partial charge in [-0.1, -0.05) is 12.1 Å². The van der Waals surface area contributed by atoms with Gasteiger partial charge in [0.2, 0.25) is 0 Å². The topological polar surface area (TPSA) is 108 Å². The number of nitrogens with one attached hydrogen (secondary N) is 1. The summed E-state index contributed by atoms with van der Waals surface area (Å²) >= 11 is 0. The highest BCUT2D eigenvalue weighted by molar-refractivity contribution is 6.03. The van der Waals surface area contributed by atoms with Crippen molar-refractivity contribution in [1.82, 2.24) is 15.3 Å². The van der Waals surface area contributed by atoms with Crippen LogP contribution in [0.3, 0.4) is 0 Å². The first-order valence-electron chi connectivity index (χ1n) is 9.31. The number of urea groups is 1. The Morgan fingerprint density at radius 3 is 2.60 bits per heavy atom. The molecule has 1 atom stereocenters. The number of anilines is 1. The van der Waals surface area contributed by atoms with Gasteiger partial charge in [-0.05, 0) is 36.8 Å². The number of nitro groups is 1. The van der Waals surface area contributed by atoms with Gasteiger partial charge in [-0.15, -0.1) is 0 Å². The normalized spacial score (nSPS) is 18.0. The van der Waals surface area contributed by atoms with Gasteiger partial charge in [-0.3, -0.25) is 29.7 Å². The summed E-state index contributed by atoms with van der Waals surface area (Å²) in [5, 5.41) is 12.2. The molecule has 4 rings (SSSR count). The average Bonchev–Trinajstić information content (AvgIpc) is 3.06. The fourth-order valence-electron chi connectivity index (χ4n) is 3.33. The van der Waals surface area contributed by atoms with Crippen LogP contribution in [0.15, 0.2) is 60.9 Å². The molecule has 10 heteroatoms. The molecule has 0 spiro atoms. The lowest BCUT2D eigenvalue weighted by Gasteiger charge is -2.29. The first-order valence-corrected chi connectivity index (χ1v) is 9.31. The average molecular weight is 409 g/mol. The van der Waals surface area contributed by atoms with E-state index in [2.05, 4.69) is 5.43 Å². The van der Waals surface area contributed by atoms with Crippen LogP contribution in [0.4, 0.5) is 16.2 Å². The van der Waals surface area contributed by atoms with E-state index >= 15 is 0 Å². The van der Waals surface area contributed by atoms with Crippen LogP contribution in [0, 0.1) is 10.1 Å². The number of hydrogen-bond acceptors (Lipinski definition) is 6. The zero-order valence-corrected chi connectivity index (χ0v) is 16.1. The fourth-order valence-corrected chi connectivity index (χ4v) is 3.33. The summed E-state index contributed by atoms with van der Waals surface area (Å²) in [4.78, 5) is 38.9. The molecular formula is C20H19N5O5. The molecule has 154 valence electrons. The zero-order chi connectivity index (χ0) is 21.3. The molecule has 0 saturated carbocycles. The van der Waals surface area contributed by atoms with E-state index in [0.29, 0.717) is 23.6 Å². The minimum absolute atomic E-state index is 0.0606. The molecule has 2 aliphatic rings. The molecule has 1 fully saturated rings. The van der Waals surface area contributed by atoms with E-state index in [1.807, 2.05) is 6.92 Å². The molecule has 2 heterocycles. The number of amides is 3. The number of carbonyl (C=O) groups excluding carboxylic acids is 2. The molecule has 1 N–H and O–H groups in total. The second kappa shape index (κ2) is 7.84. The van der Waals surface area contributed by atoms with Crippen LogP contribution in [0.5, 0.6) is 5.75 Å². The molecule has 0 aromatic heterocycles. The van der Waals surface area contributed by atoms with Crippen molar-refractivity contribution in [2.75, 3.05) is 11.5 Å². The number of rotatable bonds is 6. The molecule has 0 aliphatic carbocycles. The molecule has 30 heavy (non-hydrogen) atoms. The van der Waals surface area contributed by atoms with E-state index in [1.54, 1.807) is 36.4 Å². The Bertz CT molecular complexity index is 1020. The third kappa shape index (κ3) is 3.55. The number of benzene rings is 2. The maximum atomic E-state index is 13.0. The van der Waals surface area contributed by atoms with E-state index in [9.17, 15) is 19.7 Å². The summed E-state index contributed by atoms with van der Waals surface area (Å²) in [5.74, 6) is 0.380. The molecule has 2 aromatic carbocycles. The van der Waals surface area contributed by atoms with Gasteiger partial charge in [0.1, 0.15) is 5.75 Å². The fraction of sp³-hybridized carbons (Fsp3) is 0.200. The number of ether oxygens (including phenoxy) is 1. The van der Waals surface area contributed by atoms with Crippen LogP contribution < -0.4 is 15.1 Å². The van der Waals surface area contributed by atoms with Gasteiger partial charge >= 0.3 is 6.03 Å². The minimum atomic E-state index is -0.896. The minimum Gasteiger partial charge on any atom is -0.494 e. The van der Waals surface area contributed by atoms with Crippen molar-refractivity contribution in [2.24, 2.45) is 0 Å². The van der Waals surface area contributed by atoms with Gasteiger partial charge in [0, 0.05) is 30.2 Å². The lowest BCUT2D eigenvalue weighted by molar-refractivity contribution is -0.384. The van der Waals surface area contributed by atoms with Crippen LogP contribution in [0.2, 0.25) is 0 Å². The second-order valence-electron chi connectivity index (χ2n) is 6.67. The van der Waals surface area contributed by atoms with Gasteiger partial charge in [-0.25, -0.2) is 4.79 Å². The van der Waals surface area contributed by atoms with Gasteiger partial charge < -0.3 is 4.74 Å². The maximum absolute atomic E-state index is 13.0. The number of hydrazine groups is 1. The number of nitrogens with zero attached hydrogens (tertiary/aromatic N) is 4. The maximum Gasteiger partial charge on any atom is 0.340 e. The van der Waals surface area contributed by atoms with Gasteiger partial charge in [0.05, 0.1) is 18.1 Å². The lowest BCUT2D eigenvalue weighted by Crippen LogP contribution is -2.51. The van der Waals surface area contributed by atoms with Crippen LogP contribution in [0.1, 0.15) is 12.5 Å². The highest BCUT2D eigenvalue weighted by Crippen LogP contribution is 2.27. The molecule has 1 saturated heterocycles. The van der Waals surface area contributed by atoms with Crippen molar-refractivity contribution in [3.05, 3.63) is 76.6 Å². The molecule has 2 aliphatic heterocycles. The Labute approximate surface area is 172 Å². The second-order valence-corrected chi connectivity index (χ2v) is 6.67. The van der Waals surface area contributed by atoms with E-state index in [4.69, 9.17) is 4.74 Å². The number of non-ortho nitro benzene ring substituents is 1. The Morgan fingerprint density at radius 1 is 1.13 bits per heavy atom. The van der Waals surface area contributed by atoms with E-state index in [-0.39, 0.29) is 18.1 Å². The number of nitro benzene ring substituents is 1. The Morgan fingerprint density at radius 2 is 1.90 bits per heavy atom. The molecular weight excluding hydrogens is 390 g/mol. The van der Waals surface area contributed by atoms with Crippen molar-refractivity contribution in [2.45, 2.75) is 19.6 Å². The molecule has 2 aromatic rings. The number of fused-ring (bicyclic) bond motifs is 1. The SMILES string of the molecule is CCOc1ccc(N2C=CN3C(=O)N(Cc4cccc([N+](=O)[O-])c4)NC3C2=O)cc1. The summed E-state index contributed by atoms with van der Waals surface area (Å²) in [6.07, 6.45) is 2.17. The number of carbonyl (C=O) groups is 2. The van der Waals surface area contributed by atoms with Crippen LogP contribution in [0.25, 0.3) is 0 Å². The van der Waals surface area contributed by atoms with E-state index in [1.165, 1.54) is 39.3 Å². The Kier molecular flexibility index (Phi) is 5.07. The van der Waals surface area contributed by atoms with Gasteiger partial charge in [0.15, 0.2) is 6.17 Å².